The van der Waals surface area contributed by atoms with Crippen molar-refractivity contribution in [3.8, 4) is 5.75 Å². The van der Waals surface area contributed by atoms with E-state index in [0.29, 0.717) is 35.9 Å². The van der Waals surface area contributed by atoms with Gasteiger partial charge >= 0.3 is 0 Å². The highest BCUT2D eigenvalue weighted by Gasteiger charge is 2.28. The van der Waals surface area contributed by atoms with Crippen molar-refractivity contribution in [3.63, 3.8) is 0 Å². The molecular formula is C21H31N5O3. The van der Waals surface area contributed by atoms with Gasteiger partial charge in [-0.2, -0.15) is 0 Å². The van der Waals surface area contributed by atoms with E-state index in [1.807, 2.05) is 13.0 Å². The van der Waals surface area contributed by atoms with Gasteiger partial charge in [0.2, 0.25) is 0 Å². The summed E-state index contributed by atoms with van der Waals surface area (Å²) in [6.07, 6.45) is 1.37. The molecule has 3 rings (SSSR count). The first-order valence-electron chi connectivity index (χ1n) is 9.64. The number of benzene rings is 1. The molecule has 0 amide bonds. The van der Waals surface area contributed by atoms with E-state index in [0.717, 1.165) is 18.9 Å². The Kier molecular flexibility index (Phi) is 6.34. The van der Waals surface area contributed by atoms with Crippen LogP contribution in [-0.4, -0.2) is 60.8 Å². The first-order valence-corrected chi connectivity index (χ1v) is 9.64. The summed E-state index contributed by atoms with van der Waals surface area (Å²) >= 11 is 0. The summed E-state index contributed by atoms with van der Waals surface area (Å²) in [6.45, 7) is 8.61. The predicted octanol–water partition coefficient (Wildman–Crippen LogP) is 2.75. The number of hydrogen-bond donors (Lipinski definition) is 2. The molecule has 1 atom stereocenters. The number of aromatic nitrogens is 2. The maximum atomic E-state index is 8.67. The highest BCUT2D eigenvalue weighted by atomic mass is 16.5. The van der Waals surface area contributed by atoms with Crippen LogP contribution in [0.15, 0.2) is 30.6 Å². The highest BCUT2D eigenvalue weighted by Crippen LogP contribution is 2.25. The fraction of sp³-hybridized carbons (Fsp3) is 0.476. The van der Waals surface area contributed by atoms with Crippen molar-refractivity contribution in [1.29, 1.82) is 5.41 Å². The molecule has 1 aliphatic heterocycles. The minimum absolute atomic E-state index is 0. The molecule has 1 fully saturated rings. The van der Waals surface area contributed by atoms with E-state index in [1.165, 1.54) is 6.33 Å². The molecule has 1 aliphatic rings. The van der Waals surface area contributed by atoms with Gasteiger partial charge in [-0.25, -0.2) is 9.97 Å². The smallest absolute Gasteiger partial charge is 0.132 e. The van der Waals surface area contributed by atoms with Crippen molar-refractivity contribution in [2.24, 2.45) is 0 Å². The molecular weight excluding hydrogens is 370 g/mol. The van der Waals surface area contributed by atoms with Gasteiger partial charge in [0.15, 0.2) is 0 Å². The van der Waals surface area contributed by atoms with E-state index in [2.05, 4.69) is 28.7 Å². The van der Waals surface area contributed by atoms with Gasteiger partial charge in [0.25, 0.3) is 0 Å². The fourth-order valence-electron chi connectivity index (χ4n) is 3.33. The molecule has 0 unspecified atom stereocenters. The Morgan fingerprint density at radius 3 is 2.90 bits per heavy atom. The number of hydrogen-bond acceptors (Lipinski definition) is 8. The molecule has 0 bridgehead atoms. The number of methoxy groups -OCH3 is 1. The molecule has 0 radical (unpaired) electrons. The zero-order valence-electron chi connectivity index (χ0n) is 17.4. The summed E-state index contributed by atoms with van der Waals surface area (Å²) < 4.78 is 16.7. The van der Waals surface area contributed by atoms with Crippen LogP contribution >= 0.6 is 0 Å². The zero-order chi connectivity index (χ0) is 21.0. The molecule has 8 heteroatoms. The Balaban J connectivity index is 0.00000320. The van der Waals surface area contributed by atoms with Crippen LogP contribution in [0.2, 0.25) is 0 Å². The average Bonchev–Trinajstić information content (AvgIpc) is 2.68. The molecule has 8 nitrogen and oxygen atoms in total. The lowest BCUT2D eigenvalue weighted by atomic mass is 10.0. The Labute approximate surface area is 173 Å². The quantitative estimate of drug-likeness (QED) is 0.543. The number of morpholine rings is 1. The van der Waals surface area contributed by atoms with Crippen molar-refractivity contribution in [1.82, 2.24) is 9.97 Å². The second kappa shape index (κ2) is 8.75. The molecule has 158 valence electrons. The molecule has 3 N–H and O–H groups in total. The van der Waals surface area contributed by atoms with E-state index < -0.39 is 0 Å². The maximum absolute atomic E-state index is 8.67. The van der Waals surface area contributed by atoms with E-state index >= 15 is 0 Å². The lowest BCUT2D eigenvalue weighted by Crippen LogP contribution is -2.48. The molecule has 1 saturated heterocycles. The number of nitrogen functional groups attached to an aromatic ring is 1. The standard InChI is InChI=1S/C21H29N5O3.H2/c1-14(11-27-4)29-15-5-6-17(22)16(9-15)20(23)18-10-19(25-13-24-18)26-7-8-28-21(2,3)12-26;/h5-6,9-10,13-14,23H,7-8,11-12,22H2,1-4H3;1H/t14-;/m0./s1. The topological polar surface area (TPSA) is 107 Å². The Hall–Kier alpha value is -2.71. The highest BCUT2D eigenvalue weighted by molar-refractivity contribution is 6.13. The fourth-order valence-corrected chi connectivity index (χ4v) is 3.33. The Morgan fingerprint density at radius 1 is 1.38 bits per heavy atom. The average molecular weight is 402 g/mol. The summed E-state index contributed by atoms with van der Waals surface area (Å²) in [4.78, 5) is 10.8. The summed E-state index contributed by atoms with van der Waals surface area (Å²) in [7, 11) is 1.63. The van der Waals surface area contributed by atoms with Gasteiger partial charge in [-0.3, -0.25) is 5.41 Å². The van der Waals surface area contributed by atoms with E-state index in [-0.39, 0.29) is 18.8 Å². The molecule has 0 aliphatic carbocycles. The predicted molar refractivity (Wildman–Crippen MR) is 115 cm³/mol. The summed E-state index contributed by atoms with van der Waals surface area (Å²) in [5.74, 6) is 1.41. The van der Waals surface area contributed by atoms with Gasteiger partial charge in [-0.1, -0.05) is 0 Å². The molecule has 2 heterocycles. The van der Waals surface area contributed by atoms with Crippen LogP contribution in [0.5, 0.6) is 5.75 Å². The number of anilines is 2. The van der Waals surface area contributed by atoms with Crippen LogP contribution in [-0.2, 0) is 9.47 Å². The van der Waals surface area contributed by atoms with Crippen molar-refractivity contribution in [3.05, 3.63) is 41.9 Å². The summed E-state index contributed by atoms with van der Waals surface area (Å²) in [5.41, 5.74) is 7.69. The van der Waals surface area contributed by atoms with Crippen molar-refractivity contribution in [2.75, 3.05) is 44.0 Å². The molecule has 29 heavy (non-hydrogen) atoms. The first kappa shape index (κ1) is 21.0. The third-order valence-electron chi connectivity index (χ3n) is 4.69. The van der Waals surface area contributed by atoms with Crippen molar-refractivity contribution >= 4 is 17.2 Å². The molecule has 2 aromatic rings. The van der Waals surface area contributed by atoms with Crippen LogP contribution in [0.1, 0.15) is 33.5 Å². The van der Waals surface area contributed by atoms with Gasteiger partial charge in [-0.05, 0) is 39.0 Å². The SMILES string of the molecule is COC[C@H](C)Oc1ccc(N)c(C(=N)c2cc(N3CCOC(C)(C)C3)ncn2)c1.[HH]. The van der Waals surface area contributed by atoms with Crippen LogP contribution < -0.4 is 15.4 Å². The number of nitrogens with one attached hydrogen (secondary N) is 1. The van der Waals surface area contributed by atoms with E-state index in [1.54, 1.807) is 25.3 Å². The Morgan fingerprint density at radius 2 is 2.17 bits per heavy atom. The van der Waals surface area contributed by atoms with Gasteiger partial charge in [0.05, 0.1) is 30.2 Å². The second-order valence-corrected chi connectivity index (χ2v) is 7.80. The number of rotatable bonds is 7. The monoisotopic (exact) mass is 401 g/mol. The first-order chi connectivity index (χ1) is 13.8. The third kappa shape index (κ3) is 5.21. The van der Waals surface area contributed by atoms with Crippen LogP contribution in [0.3, 0.4) is 0 Å². The van der Waals surface area contributed by atoms with E-state index in [4.69, 9.17) is 25.4 Å². The summed E-state index contributed by atoms with van der Waals surface area (Å²) in [6, 6.07) is 7.12. The molecule has 0 spiro atoms. The van der Waals surface area contributed by atoms with Crippen molar-refractivity contribution < 1.29 is 15.6 Å². The van der Waals surface area contributed by atoms with Crippen LogP contribution in [0.4, 0.5) is 11.5 Å². The van der Waals surface area contributed by atoms with Gasteiger partial charge in [-0.15, -0.1) is 0 Å². The largest absolute Gasteiger partial charge is 0.488 e. The van der Waals surface area contributed by atoms with Crippen LogP contribution in [0.25, 0.3) is 0 Å². The summed E-state index contributed by atoms with van der Waals surface area (Å²) in [5, 5.41) is 8.67. The second-order valence-electron chi connectivity index (χ2n) is 7.80. The van der Waals surface area contributed by atoms with Crippen LogP contribution in [0, 0.1) is 5.41 Å². The minimum atomic E-state index is -0.244. The number of ether oxygens (including phenoxy) is 3. The normalized spacial score (nSPS) is 17.0. The maximum Gasteiger partial charge on any atom is 0.132 e. The molecule has 1 aromatic carbocycles. The Bertz CT molecular complexity index is 877. The van der Waals surface area contributed by atoms with Gasteiger partial charge in [0.1, 0.15) is 24.0 Å². The molecule has 0 saturated carbocycles. The minimum Gasteiger partial charge on any atom is -0.488 e. The zero-order valence-corrected chi connectivity index (χ0v) is 17.4. The van der Waals surface area contributed by atoms with Crippen molar-refractivity contribution in [2.45, 2.75) is 32.5 Å². The number of nitrogens with zero attached hydrogens (tertiary/aromatic N) is 3. The number of nitrogens with two attached hydrogens (primary N) is 1. The molecule has 1 aromatic heterocycles. The lowest BCUT2D eigenvalue weighted by Gasteiger charge is -2.38. The third-order valence-corrected chi connectivity index (χ3v) is 4.69. The van der Waals surface area contributed by atoms with E-state index in [9.17, 15) is 0 Å². The lowest BCUT2D eigenvalue weighted by molar-refractivity contribution is -0.0279. The van der Waals surface area contributed by atoms with Gasteiger partial charge < -0.3 is 24.8 Å². The van der Waals surface area contributed by atoms with Gasteiger partial charge in [0, 0.05) is 38.9 Å².